The molecule has 2 aromatic rings. The largest absolute Gasteiger partial charge is 0.307 e. The van der Waals surface area contributed by atoms with Crippen molar-refractivity contribution in [3.8, 4) is 0 Å². The van der Waals surface area contributed by atoms with Crippen LogP contribution in [0.3, 0.4) is 0 Å². The molecule has 0 radical (unpaired) electrons. The van der Waals surface area contributed by atoms with Gasteiger partial charge in [-0.1, -0.05) is 6.92 Å². The molecule has 0 fully saturated rings. The number of rotatable bonds is 7. The molecule has 0 aromatic carbocycles. The molecular weight excluding hydrogens is 250 g/mol. The summed E-state index contributed by atoms with van der Waals surface area (Å²) in [5, 5.41) is 8.10. The number of aromatic nitrogens is 4. The molecule has 20 heavy (non-hydrogen) atoms. The summed E-state index contributed by atoms with van der Waals surface area (Å²) >= 11 is 0. The summed E-state index contributed by atoms with van der Waals surface area (Å²) in [5.41, 5.74) is 1.07. The fraction of sp³-hybridized carbons (Fsp3) is 0.533. The Hall–Kier alpha value is -1.75. The molecule has 1 atom stereocenters. The third kappa shape index (κ3) is 3.87. The van der Waals surface area contributed by atoms with Gasteiger partial charge in [0.1, 0.15) is 5.82 Å². The Balaban J connectivity index is 2.10. The van der Waals surface area contributed by atoms with Crippen molar-refractivity contribution in [1.29, 1.82) is 0 Å². The third-order valence-corrected chi connectivity index (χ3v) is 3.14. The predicted octanol–water partition coefficient (Wildman–Crippen LogP) is 2.54. The molecule has 0 saturated heterocycles. The second-order valence-corrected chi connectivity index (χ2v) is 5.20. The molecule has 0 aliphatic heterocycles. The van der Waals surface area contributed by atoms with Crippen LogP contribution in [0.15, 0.2) is 30.7 Å². The Morgan fingerprint density at radius 3 is 2.60 bits per heavy atom. The zero-order valence-corrected chi connectivity index (χ0v) is 12.5. The molecule has 0 spiro atoms. The van der Waals surface area contributed by atoms with Gasteiger partial charge in [0.05, 0.1) is 11.7 Å². The first kappa shape index (κ1) is 14.7. The number of hydrogen-bond acceptors (Lipinski definition) is 4. The zero-order valence-electron chi connectivity index (χ0n) is 12.5. The molecule has 2 heterocycles. The Morgan fingerprint density at radius 1 is 1.25 bits per heavy atom. The lowest BCUT2D eigenvalue weighted by Gasteiger charge is -2.15. The van der Waals surface area contributed by atoms with Crippen LogP contribution in [0.25, 0.3) is 0 Å². The Kier molecular flexibility index (Phi) is 5.24. The maximum atomic E-state index is 4.60. The summed E-state index contributed by atoms with van der Waals surface area (Å²) in [4.78, 5) is 8.72. The van der Waals surface area contributed by atoms with E-state index in [0.717, 1.165) is 30.9 Å². The second kappa shape index (κ2) is 7.14. The van der Waals surface area contributed by atoms with Crippen molar-refractivity contribution in [3.63, 3.8) is 0 Å². The third-order valence-electron chi connectivity index (χ3n) is 3.14. The maximum absolute atomic E-state index is 4.60. The van der Waals surface area contributed by atoms with Crippen LogP contribution < -0.4 is 5.32 Å². The van der Waals surface area contributed by atoms with Gasteiger partial charge >= 0.3 is 0 Å². The van der Waals surface area contributed by atoms with Crippen LogP contribution in [0.1, 0.15) is 50.8 Å². The van der Waals surface area contributed by atoms with E-state index in [1.807, 2.05) is 16.9 Å². The van der Waals surface area contributed by atoms with Gasteiger partial charge in [-0.3, -0.25) is 4.68 Å². The molecule has 5 heteroatoms. The lowest BCUT2D eigenvalue weighted by Crippen LogP contribution is -2.26. The van der Waals surface area contributed by atoms with E-state index in [0.29, 0.717) is 6.04 Å². The highest BCUT2D eigenvalue weighted by atomic mass is 15.3. The van der Waals surface area contributed by atoms with Gasteiger partial charge < -0.3 is 5.32 Å². The standard InChI is InChI=1S/C15H23N5/c1-4-7-16-14(15-17-8-5-9-18-15)11-13-6-10-20(19-13)12(2)3/h5-6,8-10,12,14,16H,4,7,11H2,1-3H3. The van der Waals surface area contributed by atoms with E-state index in [1.54, 1.807) is 12.4 Å². The van der Waals surface area contributed by atoms with Crippen LogP contribution in [0.2, 0.25) is 0 Å². The SMILES string of the molecule is CCCNC(Cc1ccn(C(C)C)n1)c1ncccn1. The van der Waals surface area contributed by atoms with Crippen LogP contribution in [-0.4, -0.2) is 26.3 Å². The molecular formula is C15H23N5. The van der Waals surface area contributed by atoms with Crippen LogP contribution >= 0.6 is 0 Å². The summed E-state index contributed by atoms with van der Waals surface area (Å²) in [6.45, 7) is 7.37. The first-order chi connectivity index (χ1) is 9.70. The van der Waals surface area contributed by atoms with Crippen LogP contribution in [-0.2, 0) is 6.42 Å². The van der Waals surface area contributed by atoms with Crippen molar-refractivity contribution >= 4 is 0 Å². The van der Waals surface area contributed by atoms with Crippen LogP contribution in [0.5, 0.6) is 0 Å². The topological polar surface area (TPSA) is 55.6 Å². The highest BCUT2D eigenvalue weighted by molar-refractivity contribution is 5.07. The molecule has 2 aromatic heterocycles. The van der Waals surface area contributed by atoms with Crippen molar-refractivity contribution in [1.82, 2.24) is 25.1 Å². The van der Waals surface area contributed by atoms with E-state index in [2.05, 4.69) is 47.2 Å². The average molecular weight is 273 g/mol. The minimum absolute atomic E-state index is 0.117. The summed E-state index contributed by atoms with van der Waals surface area (Å²) in [6, 6.07) is 4.42. The van der Waals surface area contributed by atoms with E-state index in [9.17, 15) is 0 Å². The van der Waals surface area contributed by atoms with E-state index < -0.39 is 0 Å². The molecule has 1 N–H and O–H groups in total. The minimum atomic E-state index is 0.117. The van der Waals surface area contributed by atoms with Crippen LogP contribution in [0.4, 0.5) is 0 Å². The summed E-state index contributed by atoms with van der Waals surface area (Å²) in [5.74, 6) is 0.833. The van der Waals surface area contributed by atoms with Crippen LogP contribution in [0, 0.1) is 0 Å². The fourth-order valence-electron chi connectivity index (χ4n) is 2.05. The van der Waals surface area contributed by atoms with Gasteiger partial charge in [0.15, 0.2) is 0 Å². The summed E-state index contributed by atoms with van der Waals surface area (Å²) in [6.07, 6.45) is 7.50. The molecule has 1 unspecified atom stereocenters. The highest BCUT2D eigenvalue weighted by Crippen LogP contribution is 2.14. The number of nitrogens with one attached hydrogen (secondary N) is 1. The monoisotopic (exact) mass is 273 g/mol. The lowest BCUT2D eigenvalue weighted by atomic mass is 10.1. The number of hydrogen-bond donors (Lipinski definition) is 1. The maximum Gasteiger partial charge on any atom is 0.145 e. The smallest absolute Gasteiger partial charge is 0.145 e. The molecule has 2 rings (SSSR count). The van der Waals surface area contributed by atoms with Crippen molar-refractivity contribution in [2.24, 2.45) is 0 Å². The van der Waals surface area contributed by atoms with Crippen molar-refractivity contribution < 1.29 is 0 Å². The second-order valence-electron chi connectivity index (χ2n) is 5.20. The van der Waals surface area contributed by atoms with Crippen molar-refractivity contribution in [3.05, 3.63) is 42.2 Å². The van der Waals surface area contributed by atoms with Gasteiger partial charge in [-0.15, -0.1) is 0 Å². The van der Waals surface area contributed by atoms with Crippen molar-refractivity contribution in [2.45, 2.75) is 45.7 Å². The number of nitrogens with zero attached hydrogens (tertiary/aromatic N) is 4. The van der Waals surface area contributed by atoms with E-state index >= 15 is 0 Å². The van der Waals surface area contributed by atoms with Gasteiger partial charge in [-0.05, 0) is 38.9 Å². The van der Waals surface area contributed by atoms with E-state index in [1.165, 1.54) is 0 Å². The predicted molar refractivity (Wildman–Crippen MR) is 79.4 cm³/mol. The molecule has 0 amide bonds. The zero-order chi connectivity index (χ0) is 14.4. The molecule has 0 saturated carbocycles. The summed E-state index contributed by atoms with van der Waals surface area (Å²) < 4.78 is 1.98. The lowest BCUT2D eigenvalue weighted by molar-refractivity contribution is 0.484. The molecule has 0 aliphatic carbocycles. The Labute approximate surface area is 120 Å². The molecule has 108 valence electrons. The molecule has 0 bridgehead atoms. The quantitative estimate of drug-likeness (QED) is 0.842. The Morgan fingerprint density at radius 2 is 2.00 bits per heavy atom. The first-order valence-electron chi connectivity index (χ1n) is 7.25. The van der Waals surface area contributed by atoms with Gasteiger partial charge in [0.25, 0.3) is 0 Å². The first-order valence-corrected chi connectivity index (χ1v) is 7.25. The van der Waals surface area contributed by atoms with Gasteiger partial charge in [0.2, 0.25) is 0 Å². The average Bonchev–Trinajstić information content (AvgIpc) is 2.93. The van der Waals surface area contributed by atoms with E-state index in [4.69, 9.17) is 0 Å². The fourth-order valence-corrected chi connectivity index (χ4v) is 2.05. The molecule has 5 nitrogen and oxygen atoms in total. The Bertz CT molecular complexity index is 506. The molecule has 0 aliphatic rings. The van der Waals surface area contributed by atoms with Crippen molar-refractivity contribution in [2.75, 3.05) is 6.54 Å². The summed E-state index contributed by atoms with van der Waals surface area (Å²) in [7, 11) is 0. The van der Waals surface area contributed by atoms with Gasteiger partial charge in [0, 0.05) is 31.1 Å². The normalized spacial score (nSPS) is 12.8. The van der Waals surface area contributed by atoms with Gasteiger partial charge in [-0.25, -0.2) is 9.97 Å². The van der Waals surface area contributed by atoms with E-state index in [-0.39, 0.29) is 6.04 Å². The minimum Gasteiger partial charge on any atom is -0.307 e. The highest BCUT2D eigenvalue weighted by Gasteiger charge is 2.15. The van der Waals surface area contributed by atoms with Gasteiger partial charge in [-0.2, -0.15) is 5.10 Å².